The van der Waals surface area contributed by atoms with E-state index in [0.29, 0.717) is 37.6 Å². The highest BCUT2D eigenvalue weighted by atomic mass is 32.2. The van der Waals surface area contributed by atoms with E-state index in [9.17, 15) is 8.42 Å². The summed E-state index contributed by atoms with van der Waals surface area (Å²) < 4.78 is 32.2. The van der Waals surface area contributed by atoms with Crippen LogP contribution in [0.1, 0.15) is 30.0 Å². The molecule has 0 aliphatic carbocycles. The van der Waals surface area contributed by atoms with E-state index in [1.54, 1.807) is 13.8 Å². The van der Waals surface area contributed by atoms with Gasteiger partial charge in [0, 0.05) is 32.2 Å². The molecule has 1 atom stereocenters. The molecule has 2 aromatic rings. The van der Waals surface area contributed by atoms with Gasteiger partial charge in [-0.2, -0.15) is 4.31 Å². The van der Waals surface area contributed by atoms with E-state index in [4.69, 9.17) is 4.52 Å². The van der Waals surface area contributed by atoms with Crippen molar-refractivity contribution in [3.8, 4) is 0 Å². The third-order valence-electron chi connectivity index (χ3n) is 4.67. The maximum Gasteiger partial charge on any atom is 0.248 e. The van der Waals surface area contributed by atoms with Crippen molar-refractivity contribution in [3.63, 3.8) is 0 Å². The van der Waals surface area contributed by atoms with Crippen LogP contribution in [-0.2, 0) is 10.0 Å². The fourth-order valence-electron chi connectivity index (χ4n) is 3.25. The van der Waals surface area contributed by atoms with Gasteiger partial charge in [0.15, 0.2) is 5.76 Å². The number of sulfonamides is 1. The SMILES string of the molecule is Cc1noc(C)c1S(=O)(=O)N1CCN(C(C)c2ccccc2)CC1. The topological polar surface area (TPSA) is 66.7 Å². The molecule has 6 nitrogen and oxygen atoms in total. The van der Waals surface area contributed by atoms with E-state index in [2.05, 4.69) is 29.1 Å². The van der Waals surface area contributed by atoms with E-state index in [1.165, 1.54) is 9.87 Å². The number of aromatic nitrogens is 1. The van der Waals surface area contributed by atoms with Gasteiger partial charge in [0.1, 0.15) is 10.6 Å². The number of hydrogen-bond donors (Lipinski definition) is 0. The Morgan fingerprint density at radius 2 is 1.71 bits per heavy atom. The molecule has 1 aromatic heterocycles. The molecular formula is C17H23N3O3S. The molecule has 1 aliphatic rings. The minimum absolute atomic E-state index is 0.215. The van der Waals surface area contributed by atoms with Crippen molar-refractivity contribution in [1.29, 1.82) is 0 Å². The second kappa shape index (κ2) is 6.66. The normalized spacial score (nSPS) is 18.6. The van der Waals surface area contributed by atoms with Crippen LogP contribution in [0, 0.1) is 13.8 Å². The second-order valence-corrected chi connectivity index (χ2v) is 8.05. The van der Waals surface area contributed by atoms with Crippen molar-refractivity contribution in [2.75, 3.05) is 26.2 Å². The van der Waals surface area contributed by atoms with Crippen molar-refractivity contribution >= 4 is 10.0 Å². The third-order valence-corrected chi connectivity index (χ3v) is 6.81. The summed E-state index contributed by atoms with van der Waals surface area (Å²) in [5.74, 6) is 0.354. The fraction of sp³-hybridized carbons (Fsp3) is 0.471. The fourth-order valence-corrected chi connectivity index (χ4v) is 4.96. The molecule has 0 radical (unpaired) electrons. The molecule has 130 valence electrons. The highest BCUT2D eigenvalue weighted by Crippen LogP contribution is 2.26. The van der Waals surface area contributed by atoms with Crippen LogP contribution in [0.15, 0.2) is 39.8 Å². The number of hydrogen-bond acceptors (Lipinski definition) is 5. The Kier molecular flexibility index (Phi) is 4.76. The zero-order valence-electron chi connectivity index (χ0n) is 14.3. The number of nitrogens with zero attached hydrogens (tertiary/aromatic N) is 3. The first-order valence-electron chi connectivity index (χ1n) is 8.13. The van der Waals surface area contributed by atoms with Crippen LogP contribution in [0.25, 0.3) is 0 Å². The predicted molar refractivity (Wildman–Crippen MR) is 91.2 cm³/mol. The van der Waals surface area contributed by atoms with Gasteiger partial charge in [-0.1, -0.05) is 35.5 Å². The van der Waals surface area contributed by atoms with E-state index in [0.717, 1.165) is 0 Å². The van der Waals surface area contributed by atoms with Crippen molar-refractivity contribution in [3.05, 3.63) is 47.3 Å². The summed E-state index contributed by atoms with van der Waals surface area (Å²) in [5, 5.41) is 3.77. The lowest BCUT2D eigenvalue weighted by atomic mass is 10.1. The number of benzene rings is 1. The summed E-state index contributed by atoms with van der Waals surface area (Å²) in [4.78, 5) is 2.53. The van der Waals surface area contributed by atoms with Crippen LogP contribution in [-0.4, -0.2) is 49.0 Å². The van der Waals surface area contributed by atoms with Crippen molar-refractivity contribution in [2.24, 2.45) is 0 Å². The minimum atomic E-state index is -3.54. The summed E-state index contributed by atoms with van der Waals surface area (Å²) >= 11 is 0. The molecule has 0 amide bonds. The molecule has 3 rings (SSSR count). The largest absolute Gasteiger partial charge is 0.360 e. The average molecular weight is 349 g/mol. The molecule has 1 saturated heterocycles. The van der Waals surface area contributed by atoms with Crippen LogP contribution in [0.4, 0.5) is 0 Å². The Hall–Kier alpha value is -1.70. The highest BCUT2D eigenvalue weighted by molar-refractivity contribution is 7.89. The summed E-state index contributed by atoms with van der Waals surface area (Å²) in [6, 6.07) is 10.6. The van der Waals surface area contributed by atoms with Gasteiger partial charge < -0.3 is 4.52 Å². The van der Waals surface area contributed by atoms with Gasteiger partial charge in [-0.25, -0.2) is 8.42 Å². The van der Waals surface area contributed by atoms with Gasteiger partial charge >= 0.3 is 0 Å². The molecule has 1 aromatic carbocycles. The van der Waals surface area contributed by atoms with E-state index < -0.39 is 10.0 Å². The van der Waals surface area contributed by atoms with Gasteiger partial charge in [-0.3, -0.25) is 4.90 Å². The quantitative estimate of drug-likeness (QED) is 0.848. The summed E-state index contributed by atoms with van der Waals surface area (Å²) in [7, 11) is -3.54. The van der Waals surface area contributed by atoms with Gasteiger partial charge in [0.05, 0.1) is 0 Å². The lowest BCUT2D eigenvalue weighted by molar-refractivity contribution is 0.146. The Morgan fingerprint density at radius 1 is 1.08 bits per heavy atom. The number of aryl methyl sites for hydroxylation is 2. The van der Waals surface area contributed by atoms with Crippen molar-refractivity contribution in [2.45, 2.75) is 31.7 Å². The van der Waals surface area contributed by atoms with Crippen LogP contribution in [0.2, 0.25) is 0 Å². The zero-order valence-corrected chi connectivity index (χ0v) is 15.1. The maximum absolute atomic E-state index is 12.8. The predicted octanol–water partition coefficient (Wildman–Crippen LogP) is 2.36. The molecule has 1 fully saturated rings. The van der Waals surface area contributed by atoms with Crippen molar-refractivity contribution < 1.29 is 12.9 Å². The molecule has 7 heteroatoms. The summed E-state index contributed by atoms with van der Waals surface area (Å²) in [6.45, 7) is 7.83. The highest BCUT2D eigenvalue weighted by Gasteiger charge is 2.34. The Bertz CT molecular complexity index is 774. The van der Waals surface area contributed by atoms with Crippen LogP contribution in [0.3, 0.4) is 0 Å². The van der Waals surface area contributed by atoms with E-state index in [-0.39, 0.29) is 10.9 Å². The van der Waals surface area contributed by atoms with E-state index in [1.807, 2.05) is 18.2 Å². The second-order valence-electron chi connectivity index (χ2n) is 6.18. The first-order chi connectivity index (χ1) is 11.4. The van der Waals surface area contributed by atoms with Gasteiger partial charge in [0.2, 0.25) is 10.0 Å². The van der Waals surface area contributed by atoms with Crippen molar-refractivity contribution in [1.82, 2.24) is 14.4 Å². The Balaban J connectivity index is 1.71. The number of piperazine rings is 1. The first-order valence-corrected chi connectivity index (χ1v) is 9.57. The monoisotopic (exact) mass is 349 g/mol. The molecule has 2 heterocycles. The Labute approximate surface area is 143 Å². The molecule has 1 unspecified atom stereocenters. The minimum Gasteiger partial charge on any atom is -0.360 e. The van der Waals surface area contributed by atoms with Gasteiger partial charge in [-0.15, -0.1) is 0 Å². The summed E-state index contributed by atoms with van der Waals surface area (Å²) in [6.07, 6.45) is 0. The van der Waals surface area contributed by atoms with Crippen LogP contribution < -0.4 is 0 Å². The molecular weight excluding hydrogens is 326 g/mol. The number of rotatable bonds is 4. The molecule has 0 bridgehead atoms. The standard InChI is InChI=1S/C17H23N3O3S/c1-13-17(15(3)23-18-13)24(21,22)20-11-9-19(10-12-20)14(2)16-7-5-4-6-8-16/h4-8,14H,9-12H2,1-3H3. The summed E-state index contributed by atoms with van der Waals surface area (Å²) in [5.41, 5.74) is 1.67. The molecule has 1 aliphatic heterocycles. The molecule has 0 N–H and O–H groups in total. The molecule has 0 spiro atoms. The van der Waals surface area contributed by atoms with E-state index >= 15 is 0 Å². The zero-order chi connectivity index (χ0) is 17.3. The van der Waals surface area contributed by atoms with Gasteiger partial charge in [-0.05, 0) is 26.3 Å². The Morgan fingerprint density at radius 3 is 2.25 bits per heavy atom. The lowest BCUT2D eigenvalue weighted by Gasteiger charge is -2.37. The maximum atomic E-state index is 12.8. The third kappa shape index (κ3) is 3.11. The molecule has 24 heavy (non-hydrogen) atoms. The average Bonchev–Trinajstić information content (AvgIpc) is 2.94. The van der Waals surface area contributed by atoms with Crippen LogP contribution >= 0.6 is 0 Å². The van der Waals surface area contributed by atoms with Gasteiger partial charge in [0.25, 0.3) is 0 Å². The first kappa shape index (κ1) is 17.1. The molecule has 0 saturated carbocycles. The smallest absolute Gasteiger partial charge is 0.248 e. The lowest BCUT2D eigenvalue weighted by Crippen LogP contribution is -2.49. The van der Waals surface area contributed by atoms with Crippen LogP contribution in [0.5, 0.6) is 0 Å².